The highest BCUT2D eigenvalue weighted by molar-refractivity contribution is 5.99. The summed E-state index contributed by atoms with van der Waals surface area (Å²) in [6.07, 6.45) is 4.04. The molecule has 9 nitrogen and oxygen atoms in total. The third-order valence-electron chi connectivity index (χ3n) is 5.66. The zero-order valence-corrected chi connectivity index (χ0v) is 18.5. The predicted octanol–water partition coefficient (Wildman–Crippen LogP) is 1.90. The van der Waals surface area contributed by atoms with Crippen LogP contribution in [0.4, 0.5) is 10.1 Å². The molecule has 2 atom stereocenters. The van der Waals surface area contributed by atoms with Gasteiger partial charge in [-0.25, -0.2) is 14.4 Å². The third kappa shape index (κ3) is 4.94. The first-order valence-electron chi connectivity index (χ1n) is 10.8. The van der Waals surface area contributed by atoms with Gasteiger partial charge in [0.2, 0.25) is 0 Å². The molecule has 0 unspecified atom stereocenters. The van der Waals surface area contributed by atoms with Crippen LogP contribution in [0.25, 0.3) is 16.9 Å². The monoisotopic (exact) mass is 451 g/mol. The maximum absolute atomic E-state index is 14.1. The highest BCUT2D eigenvalue weighted by Gasteiger charge is 2.27. The Balaban J connectivity index is 1.65. The number of fused-ring (bicyclic) bond motifs is 1. The first-order chi connectivity index (χ1) is 15.8. The van der Waals surface area contributed by atoms with Gasteiger partial charge < -0.3 is 21.1 Å². The highest BCUT2D eigenvalue weighted by atomic mass is 19.1. The number of aliphatic hydroxyl groups is 1. The van der Waals surface area contributed by atoms with Gasteiger partial charge in [0.05, 0.1) is 29.0 Å². The van der Waals surface area contributed by atoms with E-state index in [2.05, 4.69) is 32.0 Å². The highest BCUT2D eigenvalue weighted by Crippen LogP contribution is 2.24. The fourth-order valence-electron chi connectivity index (χ4n) is 3.67. The number of pyridine rings is 2. The van der Waals surface area contributed by atoms with Crippen molar-refractivity contribution in [1.29, 1.82) is 5.26 Å². The van der Waals surface area contributed by atoms with Crippen LogP contribution >= 0.6 is 0 Å². The van der Waals surface area contributed by atoms with Crippen LogP contribution in [0.2, 0.25) is 0 Å². The van der Waals surface area contributed by atoms with E-state index in [1.807, 2.05) is 6.07 Å². The molecule has 33 heavy (non-hydrogen) atoms. The summed E-state index contributed by atoms with van der Waals surface area (Å²) in [4.78, 5) is 21.7. The topological polar surface area (TPSA) is 128 Å². The molecule has 0 aromatic carbocycles. The average molecular weight is 452 g/mol. The molecule has 1 aliphatic heterocycles. The van der Waals surface area contributed by atoms with Gasteiger partial charge in [0, 0.05) is 42.6 Å². The molecule has 0 aliphatic carbocycles. The maximum atomic E-state index is 14.1. The Kier molecular flexibility index (Phi) is 6.26. The van der Waals surface area contributed by atoms with Gasteiger partial charge in [0.1, 0.15) is 23.7 Å². The van der Waals surface area contributed by atoms with Crippen molar-refractivity contribution in [3.63, 3.8) is 0 Å². The van der Waals surface area contributed by atoms with Crippen molar-refractivity contribution in [2.45, 2.75) is 38.1 Å². The Morgan fingerprint density at radius 3 is 2.94 bits per heavy atom. The lowest BCUT2D eigenvalue weighted by atomic mass is 10.0. The second kappa shape index (κ2) is 9.13. The van der Waals surface area contributed by atoms with Gasteiger partial charge in [-0.05, 0) is 38.9 Å². The van der Waals surface area contributed by atoms with Gasteiger partial charge in [-0.3, -0.25) is 9.36 Å². The second-order valence-electron chi connectivity index (χ2n) is 8.69. The minimum atomic E-state index is -1.61. The van der Waals surface area contributed by atoms with E-state index in [9.17, 15) is 14.3 Å². The summed E-state index contributed by atoms with van der Waals surface area (Å²) in [5.74, 6) is 0.0654. The molecule has 1 amide bonds. The van der Waals surface area contributed by atoms with Crippen LogP contribution in [-0.4, -0.2) is 63.0 Å². The van der Waals surface area contributed by atoms with Crippen molar-refractivity contribution in [1.82, 2.24) is 25.2 Å². The Morgan fingerprint density at radius 2 is 2.24 bits per heavy atom. The van der Waals surface area contributed by atoms with Crippen LogP contribution in [-0.2, 0) is 0 Å². The molecular weight excluding hydrogens is 425 g/mol. The van der Waals surface area contributed by atoms with E-state index in [1.165, 1.54) is 26.2 Å². The predicted molar refractivity (Wildman–Crippen MR) is 122 cm³/mol. The molecule has 0 spiro atoms. The Hall–Kier alpha value is -3.55. The van der Waals surface area contributed by atoms with E-state index in [0.717, 1.165) is 24.9 Å². The summed E-state index contributed by atoms with van der Waals surface area (Å²) in [5.41, 5.74) is 0.399. The third-order valence-corrected chi connectivity index (χ3v) is 5.66. The summed E-state index contributed by atoms with van der Waals surface area (Å²) >= 11 is 0. The second-order valence-corrected chi connectivity index (χ2v) is 8.69. The Bertz CT molecular complexity index is 1210. The van der Waals surface area contributed by atoms with Gasteiger partial charge >= 0.3 is 0 Å². The number of hydrogen-bond donors (Lipinski definition) is 4. The summed E-state index contributed by atoms with van der Waals surface area (Å²) in [5, 5.41) is 28.9. The van der Waals surface area contributed by atoms with Crippen LogP contribution in [0.3, 0.4) is 0 Å². The van der Waals surface area contributed by atoms with Gasteiger partial charge in [-0.2, -0.15) is 5.26 Å². The molecule has 4 heterocycles. The lowest BCUT2D eigenvalue weighted by Crippen LogP contribution is -2.42. The first-order valence-corrected chi connectivity index (χ1v) is 10.8. The molecule has 10 heteroatoms. The fraction of sp³-hybridized carbons (Fsp3) is 0.391. The number of alkyl halides is 1. The van der Waals surface area contributed by atoms with Crippen LogP contribution in [0.15, 0.2) is 36.8 Å². The van der Waals surface area contributed by atoms with Gasteiger partial charge in [0.15, 0.2) is 0 Å². The van der Waals surface area contributed by atoms with Gasteiger partial charge in [-0.1, -0.05) is 0 Å². The molecular formula is C23H26FN7O2. The quantitative estimate of drug-likeness (QED) is 0.432. The Morgan fingerprint density at radius 1 is 1.42 bits per heavy atom. The zero-order chi connectivity index (χ0) is 23.6. The van der Waals surface area contributed by atoms with Crippen LogP contribution in [0.1, 0.15) is 36.2 Å². The van der Waals surface area contributed by atoms with Crippen molar-refractivity contribution >= 4 is 22.6 Å². The van der Waals surface area contributed by atoms with Crippen molar-refractivity contribution in [3.05, 3.63) is 47.9 Å². The molecule has 172 valence electrons. The summed E-state index contributed by atoms with van der Waals surface area (Å²) in [6, 6.07) is 7.56. The number of amides is 1. The molecule has 1 saturated heterocycles. The molecule has 1 fully saturated rings. The van der Waals surface area contributed by atoms with E-state index in [-0.39, 0.29) is 18.2 Å². The molecule has 0 saturated carbocycles. The lowest BCUT2D eigenvalue weighted by Gasteiger charge is -2.23. The number of nitrogens with one attached hydrogen (secondary N) is 3. The average Bonchev–Trinajstić information content (AvgIpc) is 3.45. The van der Waals surface area contributed by atoms with Gasteiger partial charge in [-0.15, -0.1) is 0 Å². The minimum Gasteiger partial charge on any atom is -0.387 e. The number of hydrogen-bond acceptors (Lipinski definition) is 7. The number of anilines is 1. The lowest BCUT2D eigenvalue weighted by molar-refractivity contribution is -0.00177. The van der Waals surface area contributed by atoms with Crippen LogP contribution < -0.4 is 16.0 Å². The molecule has 0 bridgehead atoms. The molecule has 4 N–H and O–H groups in total. The molecule has 0 radical (unpaired) electrons. The maximum Gasteiger partial charge on any atom is 0.255 e. The van der Waals surface area contributed by atoms with Crippen molar-refractivity contribution in [2.24, 2.45) is 0 Å². The van der Waals surface area contributed by atoms with Gasteiger partial charge in [0.25, 0.3) is 5.91 Å². The Labute approximate surface area is 190 Å². The van der Waals surface area contributed by atoms with E-state index in [4.69, 9.17) is 5.26 Å². The largest absolute Gasteiger partial charge is 0.387 e. The van der Waals surface area contributed by atoms with Crippen molar-refractivity contribution in [2.75, 3.05) is 25.0 Å². The molecule has 3 aromatic rings. The first kappa shape index (κ1) is 22.6. The van der Waals surface area contributed by atoms with Crippen LogP contribution in [0.5, 0.6) is 0 Å². The van der Waals surface area contributed by atoms with Crippen LogP contribution in [0, 0.1) is 11.3 Å². The normalized spacial score (nSPS) is 17.0. The number of aromatic nitrogens is 3. The summed E-state index contributed by atoms with van der Waals surface area (Å²) in [7, 11) is 0. The van der Waals surface area contributed by atoms with E-state index in [1.54, 1.807) is 22.9 Å². The number of rotatable bonds is 7. The summed E-state index contributed by atoms with van der Waals surface area (Å²) in [6.45, 7) is 4.03. The fourth-order valence-corrected chi connectivity index (χ4v) is 3.67. The van der Waals surface area contributed by atoms with E-state index < -0.39 is 17.7 Å². The molecule has 1 aliphatic rings. The number of nitrogens with zero attached hydrogens (tertiary/aromatic N) is 4. The number of halogens is 1. The standard InChI is InChI=1S/C23H26FN7O2/c1-23(2,33)19(24)13-29-22(32)17-12-27-20(8-18(17)30-16-3-5-26-11-16)31-6-4-15-7-14(9-25)10-28-21(15)31/h4,6-8,10,12,16,19,26,33H,3,5,11,13H2,1-2H3,(H,27,30)(H,29,32)/t16-,19-/m1/s1. The molecule has 3 aromatic heterocycles. The summed E-state index contributed by atoms with van der Waals surface area (Å²) < 4.78 is 15.9. The number of carbonyl (C=O) groups excluding carboxylic acids is 1. The van der Waals surface area contributed by atoms with E-state index in [0.29, 0.717) is 22.7 Å². The number of nitriles is 1. The smallest absolute Gasteiger partial charge is 0.255 e. The van der Waals surface area contributed by atoms with Crippen molar-refractivity contribution in [3.8, 4) is 11.9 Å². The van der Waals surface area contributed by atoms with Crippen molar-refractivity contribution < 1.29 is 14.3 Å². The number of carbonyl (C=O) groups is 1. The molecule has 4 rings (SSSR count). The zero-order valence-electron chi connectivity index (χ0n) is 18.5. The SMILES string of the molecule is CC(C)(O)[C@H](F)CNC(=O)c1cnc(-n2ccc3cc(C#N)cnc32)cc1N[C@@H]1CCNC1. The minimum absolute atomic E-state index is 0.134. The van der Waals surface area contributed by atoms with E-state index >= 15 is 0 Å².